The fourth-order valence-corrected chi connectivity index (χ4v) is 3.31. The number of hydrogen-bond acceptors (Lipinski definition) is 3. The number of halogens is 1. The van der Waals surface area contributed by atoms with Crippen LogP contribution in [0.3, 0.4) is 0 Å². The van der Waals surface area contributed by atoms with Gasteiger partial charge in [0.1, 0.15) is 6.61 Å². The molecular formula is C25H24ClNO3. The van der Waals surface area contributed by atoms with Crippen LogP contribution in [0.25, 0.3) is 0 Å². The van der Waals surface area contributed by atoms with E-state index in [2.05, 4.69) is 5.32 Å². The number of carbonyl (C=O) groups is 2. The summed E-state index contributed by atoms with van der Waals surface area (Å²) in [5, 5.41) is 3.47. The highest BCUT2D eigenvalue weighted by atomic mass is 35.5. The van der Waals surface area contributed by atoms with Crippen molar-refractivity contribution in [2.45, 2.75) is 26.4 Å². The highest BCUT2D eigenvalue weighted by molar-refractivity contribution is 6.30. The van der Waals surface area contributed by atoms with E-state index in [0.717, 1.165) is 16.8 Å². The molecule has 3 rings (SSSR count). The zero-order chi connectivity index (χ0) is 21.5. The summed E-state index contributed by atoms with van der Waals surface area (Å²) in [7, 11) is 0. The summed E-state index contributed by atoms with van der Waals surface area (Å²) in [5.74, 6) is -0.744. The standard InChI is InChI=1S/C25H24ClNO3/c1-17(2)23(19-12-14-21(26)15-13-19)25(29)30-16-18-8-10-20(11-9-18)24(28)27-22-6-4-3-5-7-22/h3-15,17,23H,16H2,1-2H3,(H,27,28)/t23-/m1/s1. The van der Waals surface area contributed by atoms with E-state index in [0.29, 0.717) is 10.6 Å². The second-order valence-corrected chi connectivity index (χ2v) is 7.83. The molecule has 0 fully saturated rings. The van der Waals surface area contributed by atoms with E-state index in [1.807, 2.05) is 56.3 Å². The molecule has 5 heteroatoms. The second-order valence-electron chi connectivity index (χ2n) is 7.40. The van der Waals surface area contributed by atoms with E-state index >= 15 is 0 Å². The number of ether oxygens (including phenoxy) is 1. The van der Waals surface area contributed by atoms with Crippen LogP contribution in [0.15, 0.2) is 78.9 Å². The summed E-state index contributed by atoms with van der Waals surface area (Å²) in [6, 6.07) is 23.6. The molecule has 1 atom stereocenters. The first kappa shape index (κ1) is 21.6. The molecule has 1 amide bonds. The SMILES string of the molecule is CC(C)[C@@H](C(=O)OCc1ccc(C(=O)Nc2ccccc2)cc1)c1ccc(Cl)cc1. The summed E-state index contributed by atoms with van der Waals surface area (Å²) in [4.78, 5) is 25.0. The third-order valence-electron chi connectivity index (χ3n) is 4.78. The maximum atomic E-state index is 12.7. The average molecular weight is 422 g/mol. The third kappa shape index (κ3) is 5.71. The lowest BCUT2D eigenvalue weighted by Gasteiger charge is -2.20. The Morgan fingerprint density at radius 1 is 0.900 bits per heavy atom. The summed E-state index contributed by atoms with van der Waals surface area (Å²) in [5.41, 5.74) is 2.98. The molecule has 1 N–H and O–H groups in total. The highest BCUT2D eigenvalue weighted by Crippen LogP contribution is 2.27. The lowest BCUT2D eigenvalue weighted by atomic mass is 9.88. The quantitative estimate of drug-likeness (QED) is 0.470. The van der Waals surface area contributed by atoms with Crippen LogP contribution < -0.4 is 5.32 Å². The van der Waals surface area contributed by atoms with Gasteiger partial charge in [-0.1, -0.05) is 67.9 Å². The fourth-order valence-electron chi connectivity index (χ4n) is 3.18. The Morgan fingerprint density at radius 2 is 1.53 bits per heavy atom. The zero-order valence-corrected chi connectivity index (χ0v) is 17.7. The molecule has 3 aromatic rings. The van der Waals surface area contributed by atoms with E-state index in [4.69, 9.17) is 16.3 Å². The molecule has 0 aliphatic heterocycles. The van der Waals surface area contributed by atoms with Crippen LogP contribution in [0.2, 0.25) is 5.02 Å². The molecular weight excluding hydrogens is 398 g/mol. The van der Waals surface area contributed by atoms with Crippen LogP contribution in [0.4, 0.5) is 5.69 Å². The van der Waals surface area contributed by atoms with Crippen LogP contribution in [0.1, 0.15) is 41.3 Å². The Bertz CT molecular complexity index is 983. The predicted molar refractivity (Wildman–Crippen MR) is 120 cm³/mol. The molecule has 0 saturated heterocycles. The number of benzene rings is 3. The van der Waals surface area contributed by atoms with Crippen molar-refractivity contribution >= 4 is 29.2 Å². The van der Waals surface area contributed by atoms with Crippen LogP contribution in [-0.2, 0) is 16.1 Å². The first-order valence-corrected chi connectivity index (χ1v) is 10.2. The number of anilines is 1. The van der Waals surface area contributed by atoms with Crippen molar-refractivity contribution in [2.75, 3.05) is 5.32 Å². The number of hydrogen-bond donors (Lipinski definition) is 1. The minimum atomic E-state index is -0.363. The van der Waals surface area contributed by atoms with Gasteiger partial charge in [-0.25, -0.2) is 0 Å². The van der Waals surface area contributed by atoms with Crippen LogP contribution in [0.5, 0.6) is 0 Å². The molecule has 0 radical (unpaired) electrons. The third-order valence-corrected chi connectivity index (χ3v) is 5.03. The molecule has 30 heavy (non-hydrogen) atoms. The summed E-state index contributed by atoms with van der Waals surface area (Å²) in [6.45, 7) is 4.12. The lowest BCUT2D eigenvalue weighted by Crippen LogP contribution is -2.20. The Hall–Kier alpha value is -3.11. The van der Waals surface area contributed by atoms with Crippen molar-refractivity contribution in [3.8, 4) is 0 Å². The van der Waals surface area contributed by atoms with Gasteiger partial charge < -0.3 is 10.1 Å². The maximum absolute atomic E-state index is 12.7. The van der Waals surface area contributed by atoms with Gasteiger partial charge in [-0.2, -0.15) is 0 Å². The number of esters is 1. The van der Waals surface area contributed by atoms with Gasteiger partial charge in [0, 0.05) is 16.3 Å². The van der Waals surface area contributed by atoms with Gasteiger partial charge in [0.15, 0.2) is 0 Å². The van der Waals surface area contributed by atoms with Crippen LogP contribution in [-0.4, -0.2) is 11.9 Å². The Kier molecular flexibility index (Phi) is 7.26. The summed E-state index contributed by atoms with van der Waals surface area (Å²) in [6.07, 6.45) is 0. The van der Waals surface area contributed by atoms with E-state index in [-0.39, 0.29) is 30.3 Å². The van der Waals surface area contributed by atoms with Gasteiger partial charge in [-0.15, -0.1) is 0 Å². The maximum Gasteiger partial charge on any atom is 0.314 e. The Balaban J connectivity index is 1.60. The summed E-state index contributed by atoms with van der Waals surface area (Å²) < 4.78 is 5.56. The average Bonchev–Trinajstić information content (AvgIpc) is 2.74. The molecule has 3 aromatic carbocycles. The zero-order valence-electron chi connectivity index (χ0n) is 17.0. The van der Waals surface area contributed by atoms with Crippen molar-refractivity contribution in [1.82, 2.24) is 0 Å². The first-order chi connectivity index (χ1) is 14.4. The fraction of sp³-hybridized carbons (Fsp3) is 0.200. The molecule has 154 valence electrons. The lowest BCUT2D eigenvalue weighted by molar-refractivity contribution is -0.148. The molecule has 0 spiro atoms. The van der Waals surface area contributed by atoms with Gasteiger partial charge in [-0.3, -0.25) is 9.59 Å². The molecule has 4 nitrogen and oxygen atoms in total. The van der Waals surface area contributed by atoms with Gasteiger partial charge >= 0.3 is 5.97 Å². The van der Waals surface area contributed by atoms with E-state index in [1.165, 1.54) is 0 Å². The van der Waals surface area contributed by atoms with Gasteiger partial charge in [0.2, 0.25) is 0 Å². The van der Waals surface area contributed by atoms with Crippen molar-refractivity contribution < 1.29 is 14.3 Å². The Morgan fingerprint density at radius 3 is 2.13 bits per heavy atom. The van der Waals surface area contributed by atoms with E-state index in [9.17, 15) is 9.59 Å². The van der Waals surface area contributed by atoms with Crippen molar-refractivity contribution in [3.63, 3.8) is 0 Å². The number of carbonyl (C=O) groups excluding carboxylic acids is 2. The van der Waals surface area contributed by atoms with Gasteiger partial charge in [-0.05, 0) is 53.4 Å². The van der Waals surface area contributed by atoms with Crippen molar-refractivity contribution in [2.24, 2.45) is 5.92 Å². The summed E-state index contributed by atoms with van der Waals surface area (Å²) >= 11 is 5.95. The number of nitrogens with one attached hydrogen (secondary N) is 1. The predicted octanol–water partition coefficient (Wildman–Crippen LogP) is 6.08. The minimum absolute atomic E-state index is 0.0859. The monoisotopic (exact) mass is 421 g/mol. The molecule has 0 saturated carbocycles. The van der Waals surface area contributed by atoms with Crippen LogP contribution in [0, 0.1) is 5.92 Å². The van der Waals surface area contributed by atoms with Crippen molar-refractivity contribution in [3.05, 3.63) is 101 Å². The number of para-hydroxylation sites is 1. The molecule has 0 bridgehead atoms. The van der Waals surface area contributed by atoms with Crippen LogP contribution >= 0.6 is 11.6 Å². The molecule has 0 aliphatic carbocycles. The van der Waals surface area contributed by atoms with Gasteiger partial charge in [0.05, 0.1) is 5.92 Å². The minimum Gasteiger partial charge on any atom is -0.460 e. The molecule has 0 aliphatic rings. The topological polar surface area (TPSA) is 55.4 Å². The molecule has 0 aromatic heterocycles. The first-order valence-electron chi connectivity index (χ1n) is 9.81. The van der Waals surface area contributed by atoms with E-state index in [1.54, 1.807) is 36.4 Å². The highest BCUT2D eigenvalue weighted by Gasteiger charge is 2.25. The largest absolute Gasteiger partial charge is 0.460 e. The number of rotatable bonds is 7. The normalized spacial score (nSPS) is 11.7. The molecule has 0 unspecified atom stereocenters. The smallest absolute Gasteiger partial charge is 0.314 e. The van der Waals surface area contributed by atoms with E-state index < -0.39 is 0 Å². The Labute approximate surface area is 181 Å². The van der Waals surface area contributed by atoms with Crippen molar-refractivity contribution in [1.29, 1.82) is 0 Å². The second kappa shape index (κ2) is 10.1. The van der Waals surface area contributed by atoms with Gasteiger partial charge in [0.25, 0.3) is 5.91 Å². The molecule has 0 heterocycles. The number of amides is 1.